The molecule has 2 aromatic heterocycles. The summed E-state index contributed by atoms with van der Waals surface area (Å²) in [7, 11) is 2.15. The molecule has 3 aromatic rings. The summed E-state index contributed by atoms with van der Waals surface area (Å²) in [6.45, 7) is 4.61. The van der Waals surface area contributed by atoms with Crippen molar-refractivity contribution < 1.29 is 8.81 Å². The van der Waals surface area contributed by atoms with Crippen LogP contribution in [0.3, 0.4) is 0 Å². The van der Waals surface area contributed by atoms with E-state index in [2.05, 4.69) is 31.6 Å². The highest BCUT2D eigenvalue weighted by Gasteiger charge is 2.43. The van der Waals surface area contributed by atoms with E-state index in [0.717, 1.165) is 68.5 Å². The van der Waals surface area contributed by atoms with Crippen LogP contribution in [0.1, 0.15) is 24.2 Å². The van der Waals surface area contributed by atoms with E-state index in [-0.39, 0.29) is 11.4 Å². The van der Waals surface area contributed by atoms with Gasteiger partial charge in [0.05, 0.1) is 18.3 Å². The van der Waals surface area contributed by atoms with E-state index < -0.39 is 0 Å². The van der Waals surface area contributed by atoms with Gasteiger partial charge in [-0.3, -0.25) is 14.4 Å². The van der Waals surface area contributed by atoms with Crippen LogP contribution in [0.2, 0.25) is 0 Å². The van der Waals surface area contributed by atoms with Gasteiger partial charge in [0.25, 0.3) is 0 Å². The lowest BCUT2D eigenvalue weighted by Crippen LogP contribution is -2.55. The van der Waals surface area contributed by atoms with Crippen molar-refractivity contribution in [3.63, 3.8) is 0 Å². The SMILES string of the molecule is CN1Cc2nnc(-c3ccco3)n2C2(CCN(Cc3ccc(F)cc3)CC2)C1. The summed E-state index contributed by atoms with van der Waals surface area (Å²) in [4.78, 5) is 4.79. The first kappa shape index (κ1) is 17.6. The molecule has 1 saturated heterocycles. The smallest absolute Gasteiger partial charge is 0.200 e. The van der Waals surface area contributed by atoms with Gasteiger partial charge in [0.2, 0.25) is 0 Å². The Morgan fingerprint density at radius 1 is 1.11 bits per heavy atom. The normalized spacial score (nSPS) is 19.8. The standard InChI is InChI=1S/C21H24FN5O/c1-25-14-19-23-24-20(18-3-2-12-28-18)27(19)21(15-25)8-10-26(11-9-21)13-16-4-6-17(22)7-5-16/h2-7,12H,8-11,13-15H2,1H3. The number of rotatable bonds is 3. The maximum Gasteiger partial charge on any atom is 0.200 e. The minimum atomic E-state index is -0.183. The predicted octanol–water partition coefficient (Wildman–Crippen LogP) is 3.11. The van der Waals surface area contributed by atoms with Crippen LogP contribution in [0.15, 0.2) is 47.1 Å². The molecule has 4 heterocycles. The van der Waals surface area contributed by atoms with Crippen LogP contribution in [0.5, 0.6) is 0 Å². The molecular weight excluding hydrogens is 357 g/mol. The molecule has 0 N–H and O–H groups in total. The van der Waals surface area contributed by atoms with Gasteiger partial charge < -0.3 is 4.42 Å². The van der Waals surface area contributed by atoms with Crippen LogP contribution in [0, 0.1) is 5.82 Å². The number of likely N-dealkylation sites (tertiary alicyclic amines) is 1. The molecule has 7 heteroatoms. The minimum absolute atomic E-state index is 0.0206. The number of hydrogen-bond donors (Lipinski definition) is 0. The lowest BCUT2D eigenvalue weighted by atomic mass is 9.84. The fourth-order valence-electron chi connectivity index (χ4n) is 4.71. The van der Waals surface area contributed by atoms with E-state index >= 15 is 0 Å². The summed E-state index contributed by atoms with van der Waals surface area (Å²) in [5.41, 5.74) is 1.13. The maximum absolute atomic E-state index is 13.2. The number of piperidine rings is 1. The number of likely N-dealkylation sites (N-methyl/N-ethyl adjacent to an activating group) is 1. The lowest BCUT2D eigenvalue weighted by Gasteiger charge is -2.48. The Bertz CT molecular complexity index is 942. The second-order valence-electron chi connectivity index (χ2n) is 8.05. The highest BCUT2D eigenvalue weighted by molar-refractivity contribution is 5.48. The molecule has 0 atom stereocenters. The maximum atomic E-state index is 13.2. The Kier molecular flexibility index (Phi) is 4.29. The van der Waals surface area contributed by atoms with E-state index in [1.165, 1.54) is 12.1 Å². The number of aromatic nitrogens is 3. The van der Waals surface area contributed by atoms with Crippen molar-refractivity contribution in [1.29, 1.82) is 0 Å². The van der Waals surface area contributed by atoms with Crippen molar-refractivity contribution in [3.05, 3.63) is 59.9 Å². The Hall–Kier alpha value is -2.51. The number of halogens is 1. The molecule has 146 valence electrons. The van der Waals surface area contributed by atoms with Gasteiger partial charge >= 0.3 is 0 Å². The first-order valence-electron chi connectivity index (χ1n) is 9.77. The predicted molar refractivity (Wildman–Crippen MR) is 103 cm³/mol. The second-order valence-corrected chi connectivity index (χ2v) is 8.05. The summed E-state index contributed by atoms with van der Waals surface area (Å²) in [5, 5.41) is 8.93. The van der Waals surface area contributed by atoms with E-state index in [1.807, 2.05) is 24.3 Å². The van der Waals surface area contributed by atoms with Crippen LogP contribution in [0.25, 0.3) is 11.6 Å². The van der Waals surface area contributed by atoms with Crippen molar-refractivity contribution in [2.75, 3.05) is 26.7 Å². The number of furan rings is 1. The van der Waals surface area contributed by atoms with E-state index in [0.29, 0.717) is 0 Å². The van der Waals surface area contributed by atoms with Gasteiger partial charge in [-0.25, -0.2) is 4.39 Å². The molecule has 6 nitrogen and oxygen atoms in total. The summed E-state index contributed by atoms with van der Waals surface area (Å²) in [6.07, 6.45) is 3.73. The van der Waals surface area contributed by atoms with E-state index in [9.17, 15) is 4.39 Å². The Labute approximate surface area is 163 Å². The molecule has 5 rings (SSSR count). The largest absolute Gasteiger partial charge is 0.461 e. The summed E-state index contributed by atoms with van der Waals surface area (Å²) < 4.78 is 21.1. The average molecular weight is 381 g/mol. The first-order valence-corrected chi connectivity index (χ1v) is 9.77. The van der Waals surface area contributed by atoms with Gasteiger partial charge in [-0.05, 0) is 49.7 Å². The van der Waals surface area contributed by atoms with Crippen molar-refractivity contribution in [1.82, 2.24) is 24.6 Å². The summed E-state index contributed by atoms with van der Waals surface area (Å²) >= 11 is 0. The molecule has 1 fully saturated rings. The van der Waals surface area contributed by atoms with Gasteiger partial charge in [0.1, 0.15) is 11.6 Å². The fraction of sp³-hybridized carbons (Fsp3) is 0.429. The minimum Gasteiger partial charge on any atom is -0.461 e. The molecule has 2 aliphatic heterocycles. The highest BCUT2D eigenvalue weighted by Crippen LogP contribution is 2.39. The highest BCUT2D eigenvalue weighted by atomic mass is 19.1. The third-order valence-corrected chi connectivity index (χ3v) is 6.03. The molecular formula is C21H24FN5O. The number of benzene rings is 1. The van der Waals surface area contributed by atoms with Gasteiger partial charge in [-0.15, -0.1) is 10.2 Å². The summed E-state index contributed by atoms with van der Waals surface area (Å²) in [5.74, 6) is 2.43. The lowest BCUT2D eigenvalue weighted by molar-refractivity contribution is 0.0488. The van der Waals surface area contributed by atoms with Gasteiger partial charge in [0.15, 0.2) is 11.6 Å². The molecule has 28 heavy (non-hydrogen) atoms. The van der Waals surface area contributed by atoms with Crippen molar-refractivity contribution >= 4 is 0 Å². The summed E-state index contributed by atoms with van der Waals surface area (Å²) in [6, 6.07) is 10.7. The second kappa shape index (κ2) is 6.83. The van der Waals surface area contributed by atoms with Gasteiger partial charge in [-0.1, -0.05) is 12.1 Å². The van der Waals surface area contributed by atoms with Crippen LogP contribution < -0.4 is 0 Å². The molecule has 1 aromatic carbocycles. The Morgan fingerprint density at radius 2 is 1.89 bits per heavy atom. The van der Waals surface area contributed by atoms with Crippen molar-refractivity contribution in [3.8, 4) is 11.6 Å². The topological polar surface area (TPSA) is 50.3 Å². The molecule has 0 saturated carbocycles. The number of fused-ring (bicyclic) bond motifs is 2. The molecule has 0 amide bonds. The van der Waals surface area contributed by atoms with Crippen LogP contribution >= 0.6 is 0 Å². The quantitative estimate of drug-likeness (QED) is 0.698. The van der Waals surface area contributed by atoms with Crippen LogP contribution in [-0.4, -0.2) is 51.2 Å². The zero-order chi connectivity index (χ0) is 19.1. The van der Waals surface area contributed by atoms with Crippen LogP contribution in [-0.2, 0) is 18.6 Å². The third kappa shape index (κ3) is 3.04. The van der Waals surface area contributed by atoms with Crippen molar-refractivity contribution in [2.24, 2.45) is 0 Å². The molecule has 0 unspecified atom stereocenters. The molecule has 0 bridgehead atoms. The molecule has 2 aliphatic rings. The van der Waals surface area contributed by atoms with E-state index in [4.69, 9.17) is 4.42 Å². The van der Waals surface area contributed by atoms with Crippen molar-refractivity contribution in [2.45, 2.75) is 31.5 Å². The van der Waals surface area contributed by atoms with Gasteiger partial charge in [0, 0.05) is 26.2 Å². The number of hydrogen-bond acceptors (Lipinski definition) is 5. The first-order chi connectivity index (χ1) is 13.6. The average Bonchev–Trinajstić information content (AvgIpc) is 3.35. The van der Waals surface area contributed by atoms with E-state index in [1.54, 1.807) is 6.26 Å². The fourth-order valence-corrected chi connectivity index (χ4v) is 4.71. The molecule has 0 radical (unpaired) electrons. The Balaban J connectivity index is 1.40. The van der Waals surface area contributed by atoms with Gasteiger partial charge in [-0.2, -0.15) is 0 Å². The molecule has 1 spiro atoms. The Morgan fingerprint density at radius 3 is 2.61 bits per heavy atom. The number of nitrogens with zero attached hydrogens (tertiary/aromatic N) is 5. The zero-order valence-corrected chi connectivity index (χ0v) is 16.0. The molecule has 0 aliphatic carbocycles. The van der Waals surface area contributed by atoms with Crippen LogP contribution in [0.4, 0.5) is 4.39 Å². The zero-order valence-electron chi connectivity index (χ0n) is 16.0. The monoisotopic (exact) mass is 381 g/mol. The third-order valence-electron chi connectivity index (χ3n) is 6.03.